The van der Waals surface area contributed by atoms with Gasteiger partial charge in [-0.2, -0.15) is 0 Å². The zero-order valence-electron chi connectivity index (χ0n) is 11.7. The molecule has 2 rings (SSSR count). The van der Waals surface area contributed by atoms with Gasteiger partial charge in [0.1, 0.15) is 0 Å². The van der Waals surface area contributed by atoms with Crippen molar-refractivity contribution in [1.82, 2.24) is 10.3 Å². The molecule has 0 aromatic carbocycles. The van der Waals surface area contributed by atoms with Gasteiger partial charge >= 0.3 is 0 Å². The number of hydrogen-bond donors (Lipinski definition) is 2. The normalized spacial score (nSPS) is 17.5. The fourth-order valence-electron chi connectivity index (χ4n) is 2.59. The van der Waals surface area contributed by atoms with Crippen LogP contribution in [-0.4, -0.2) is 23.0 Å². The van der Waals surface area contributed by atoms with E-state index in [-0.39, 0.29) is 42.2 Å². The maximum atomic E-state index is 12.3. The van der Waals surface area contributed by atoms with Crippen LogP contribution in [0.15, 0.2) is 24.5 Å². The van der Waals surface area contributed by atoms with Gasteiger partial charge in [-0.3, -0.25) is 9.78 Å². The monoisotopic (exact) mass is 319 g/mol. The molecule has 1 aromatic heterocycles. The molecular formula is C14H23Cl2N3O. The SMILES string of the molecule is CC(C(=O)NC1(CN)CCCC1)c1cccnc1.Cl.Cl. The quantitative estimate of drug-likeness (QED) is 0.895. The van der Waals surface area contributed by atoms with E-state index in [0.717, 1.165) is 31.2 Å². The number of rotatable bonds is 4. The van der Waals surface area contributed by atoms with E-state index in [2.05, 4.69) is 10.3 Å². The third kappa shape index (κ3) is 4.33. The van der Waals surface area contributed by atoms with Crippen molar-refractivity contribution in [1.29, 1.82) is 0 Å². The van der Waals surface area contributed by atoms with Crippen molar-refractivity contribution in [2.75, 3.05) is 6.54 Å². The number of nitrogens with one attached hydrogen (secondary N) is 1. The molecule has 1 aromatic rings. The van der Waals surface area contributed by atoms with E-state index < -0.39 is 0 Å². The molecule has 1 aliphatic carbocycles. The highest BCUT2D eigenvalue weighted by Gasteiger charge is 2.35. The molecule has 0 aliphatic heterocycles. The number of halogens is 2. The summed E-state index contributed by atoms with van der Waals surface area (Å²) in [5.74, 6) is -0.127. The summed E-state index contributed by atoms with van der Waals surface area (Å²) in [4.78, 5) is 16.3. The second-order valence-electron chi connectivity index (χ2n) is 5.19. The molecule has 0 bridgehead atoms. The van der Waals surface area contributed by atoms with E-state index in [4.69, 9.17) is 5.73 Å². The van der Waals surface area contributed by atoms with E-state index in [0.29, 0.717) is 6.54 Å². The van der Waals surface area contributed by atoms with E-state index >= 15 is 0 Å². The van der Waals surface area contributed by atoms with Gasteiger partial charge in [0.15, 0.2) is 0 Å². The molecule has 0 saturated heterocycles. The summed E-state index contributed by atoms with van der Waals surface area (Å²) in [5.41, 5.74) is 6.60. The zero-order valence-corrected chi connectivity index (χ0v) is 13.3. The lowest BCUT2D eigenvalue weighted by molar-refractivity contribution is -0.124. The molecule has 1 unspecified atom stereocenters. The highest BCUT2D eigenvalue weighted by atomic mass is 35.5. The van der Waals surface area contributed by atoms with Gasteiger partial charge in [-0.15, -0.1) is 24.8 Å². The van der Waals surface area contributed by atoms with Crippen molar-refractivity contribution in [3.8, 4) is 0 Å². The van der Waals surface area contributed by atoms with Crippen LogP contribution in [0.1, 0.15) is 44.1 Å². The predicted octanol–water partition coefficient (Wildman–Crippen LogP) is 2.42. The smallest absolute Gasteiger partial charge is 0.227 e. The standard InChI is InChI=1S/C14H21N3O.2ClH/c1-11(12-5-4-8-16-9-12)13(18)17-14(10-15)6-2-3-7-14;;/h4-5,8-9,11H,2-3,6-7,10,15H2,1H3,(H,17,18);2*1H. The maximum Gasteiger partial charge on any atom is 0.227 e. The van der Waals surface area contributed by atoms with Crippen molar-refractivity contribution < 1.29 is 4.79 Å². The van der Waals surface area contributed by atoms with Crippen LogP contribution in [0.2, 0.25) is 0 Å². The lowest BCUT2D eigenvalue weighted by Gasteiger charge is -2.30. The van der Waals surface area contributed by atoms with Gasteiger partial charge in [-0.1, -0.05) is 18.9 Å². The van der Waals surface area contributed by atoms with Crippen LogP contribution in [0.4, 0.5) is 0 Å². The number of carbonyl (C=O) groups excluding carboxylic acids is 1. The number of amides is 1. The van der Waals surface area contributed by atoms with Gasteiger partial charge in [0.05, 0.1) is 11.5 Å². The number of carbonyl (C=O) groups is 1. The minimum atomic E-state index is -0.178. The van der Waals surface area contributed by atoms with Gasteiger partial charge in [0.2, 0.25) is 5.91 Å². The molecule has 1 heterocycles. The van der Waals surface area contributed by atoms with Crippen LogP contribution < -0.4 is 11.1 Å². The van der Waals surface area contributed by atoms with E-state index in [1.54, 1.807) is 12.4 Å². The van der Waals surface area contributed by atoms with E-state index in [1.807, 2.05) is 19.1 Å². The molecule has 1 saturated carbocycles. The van der Waals surface area contributed by atoms with Crippen molar-refractivity contribution in [2.45, 2.75) is 44.1 Å². The average Bonchev–Trinajstić information content (AvgIpc) is 2.88. The lowest BCUT2D eigenvalue weighted by Crippen LogP contribution is -2.52. The highest BCUT2D eigenvalue weighted by molar-refractivity contribution is 5.85. The third-order valence-electron chi connectivity index (χ3n) is 3.92. The first-order valence-electron chi connectivity index (χ1n) is 6.59. The molecule has 6 heteroatoms. The van der Waals surface area contributed by atoms with Gasteiger partial charge in [-0.25, -0.2) is 0 Å². The molecule has 0 radical (unpaired) electrons. The Morgan fingerprint density at radius 1 is 1.45 bits per heavy atom. The summed E-state index contributed by atoms with van der Waals surface area (Å²) in [6.07, 6.45) is 7.75. The van der Waals surface area contributed by atoms with Crippen molar-refractivity contribution >= 4 is 30.7 Å². The fourth-order valence-corrected chi connectivity index (χ4v) is 2.59. The molecule has 114 valence electrons. The molecule has 1 fully saturated rings. The highest BCUT2D eigenvalue weighted by Crippen LogP contribution is 2.29. The number of hydrogen-bond acceptors (Lipinski definition) is 3. The largest absolute Gasteiger partial charge is 0.349 e. The molecule has 20 heavy (non-hydrogen) atoms. The van der Waals surface area contributed by atoms with Crippen LogP contribution in [0.25, 0.3) is 0 Å². The molecule has 1 aliphatic rings. The number of nitrogens with two attached hydrogens (primary N) is 1. The summed E-state index contributed by atoms with van der Waals surface area (Å²) < 4.78 is 0. The Morgan fingerprint density at radius 3 is 2.60 bits per heavy atom. The van der Waals surface area contributed by atoms with E-state index in [1.165, 1.54) is 0 Å². The third-order valence-corrected chi connectivity index (χ3v) is 3.92. The van der Waals surface area contributed by atoms with Gasteiger partial charge < -0.3 is 11.1 Å². The Bertz CT molecular complexity index is 408. The number of pyridine rings is 1. The first-order valence-corrected chi connectivity index (χ1v) is 6.59. The van der Waals surface area contributed by atoms with Crippen LogP contribution >= 0.6 is 24.8 Å². The Hall–Kier alpha value is -0.840. The molecule has 1 amide bonds. The van der Waals surface area contributed by atoms with Crippen LogP contribution in [0.5, 0.6) is 0 Å². The second-order valence-corrected chi connectivity index (χ2v) is 5.19. The summed E-state index contributed by atoms with van der Waals surface area (Å²) in [6, 6.07) is 3.79. The van der Waals surface area contributed by atoms with Crippen LogP contribution in [0.3, 0.4) is 0 Å². The van der Waals surface area contributed by atoms with Crippen molar-refractivity contribution in [3.63, 3.8) is 0 Å². The summed E-state index contributed by atoms with van der Waals surface area (Å²) >= 11 is 0. The Labute approximate surface area is 132 Å². The summed E-state index contributed by atoms with van der Waals surface area (Å²) in [6.45, 7) is 2.43. The Morgan fingerprint density at radius 2 is 2.10 bits per heavy atom. The molecule has 0 spiro atoms. The fraction of sp³-hybridized carbons (Fsp3) is 0.571. The van der Waals surface area contributed by atoms with Crippen molar-refractivity contribution in [2.24, 2.45) is 5.73 Å². The first kappa shape index (κ1) is 19.2. The molecule has 1 atom stereocenters. The second kappa shape index (κ2) is 8.45. The number of nitrogens with zero attached hydrogens (tertiary/aromatic N) is 1. The summed E-state index contributed by atoms with van der Waals surface area (Å²) in [5, 5.41) is 3.15. The minimum absolute atomic E-state index is 0. The molecule has 3 N–H and O–H groups in total. The predicted molar refractivity (Wildman–Crippen MR) is 85.5 cm³/mol. The van der Waals surface area contributed by atoms with Gasteiger partial charge in [0.25, 0.3) is 0 Å². The zero-order chi connectivity index (χ0) is 13.0. The van der Waals surface area contributed by atoms with Crippen LogP contribution in [0, 0.1) is 0 Å². The van der Waals surface area contributed by atoms with Crippen molar-refractivity contribution in [3.05, 3.63) is 30.1 Å². The topological polar surface area (TPSA) is 68.0 Å². The number of aromatic nitrogens is 1. The maximum absolute atomic E-state index is 12.3. The molecular weight excluding hydrogens is 297 g/mol. The Kier molecular flexibility index (Phi) is 8.09. The first-order chi connectivity index (χ1) is 8.67. The summed E-state index contributed by atoms with van der Waals surface area (Å²) in [7, 11) is 0. The molecule has 4 nitrogen and oxygen atoms in total. The van der Waals surface area contributed by atoms with Crippen LogP contribution in [-0.2, 0) is 4.79 Å². The lowest BCUT2D eigenvalue weighted by atomic mass is 9.95. The minimum Gasteiger partial charge on any atom is -0.349 e. The van der Waals surface area contributed by atoms with Gasteiger partial charge in [-0.05, 0) is 31.4 Å². The Balaban J connectivity index is 0.00000180. The van der Waals surface area contributed by atoms with Gasteiger partial charge in [0, 0.05) is 18.9 Å². The van der Waals surface area contributed by atoms with E-state index in [9.17, 15) is 4.79 Å². The average molecular weight is 320 g/mol.